The predicted molar refractivity (Wildman–Crippen MR) is 41.2 cm³/mol. The van der Waals surface area contributed by atoms with E-state index in [0.29, 0.717) is 6.41 Å². The third kappa shape index (κ3) is 1.60. The van der Waals surface area contributed by atoms with E-state index >= 15 is 0 Å². The Balaban J connectivity index is 2.92. The van der Waals surface area contributed by atoms with Crippen molar-refractivity contribution in [3.8, 4) is 0 Å². The summed E-state index contributed by atoms with van der Waals surface area (Å²) in [4.78, 5) is 31.7. The summed E-state index contributed by atoms with van der Waals surface area (Å²) < 4.78 is 0. The van der Waals surface area contributed by atoms with Crippen molar-refractivity contribution in [1.82, 2.24) is 5.32 Å². The van der Waals surface area contributed by atoms with Crippen LogP contribution in [0.15, 0.2) is 22.9 Å². The van der Waals surface area contributed by atoms with Crippen molar-refractivity contribution in [1.29, 1.82) is 0 Å². The lowest BCUT2D eigenvalue weighted by atomic mass is 10.1. The van der Waals surface area contributed by atoms with Gasteiger partial charge in [-0.25, -0.2) is 0 Å². The van der Waals surface area contributed by atoms with Crippen LogP contribution in [0.5, 0.6) is 0 Å². The number of carbonyl (C=O) groups excluding carboxylic acids is 3. The Labute approximate surface area is 72.9 Å². The molecule has 62 valence electrons. The lowest BCUT2D eigenvalue weighted by molar-refractivity contribution is -0.116. The Morgan fingerprint density at radius 3 is 2.50 bits per heavy atom. The summed E-state index contributed by atoms with van der Waals surface area (Å²) in [6.45, 7) is 0. The van der Waals surface area contributed by atoms with Crippen molar-refractivity contribution in [3.05, 3.63) is 22.9 Å². The van der Waals surface area contributed by atoms with E-state index in [-0.39, 0.29) is 10.7 Å². The minimum Gasteiger partial charge on any atom is -0.325 e. The molecule has 0 aromatic heterocycles. The summed E-state index contributed by atoms with van der Waals surface area (Å²) in [7, 11) is 0. The van der Waals surface area contributed by atoms with Crippen LogP contribution in [0.3, 0.4) is 0 Å². The molecule has 0 unspecified atom stereocenters. The molecule has 12 heavy (non-hydrogen) atoms. The van der Waals surface area contributed by atoms with Gasteiger partial charge >= 0.3 is 0 Å². The molecule has 0 atom stereocenters. The molecular formula is C7H4ClNO3. The molecular weight excluding hydrogens is 182 g/mol. The monoisotopic (exact) mass is 185 g/mol. The van der Waals surface area contributed by atoms with Crippen molar-refractivity contribution >= 4 is 29.6 Å². The van der Waals surface area contributed by atoms with Gasteiger partial charge in [-0.05, 0) is 0 Å². The first kappa shape index (κ1) is 8.67. The van der Waals surface area contributed by atoms with E-state index in [2.05, 4.69) is 5.32 Å². The maximum Gasteiger partial charge on any atom is 0.211 e. The first-order chi connectivity index (χ1) is 5.65. The molecule has 1 aliphatic carbocycles. The van der Waals surface area contributed by atoms with Crippen molar-refractivity contribution < 1.29 is 14.4 Å². The van der Waals surface area contributed by atoms with Crippen LogP contribution in [-0.2, 0) is 14.4 Å². The molecule has 0 aliphatic heterocycles. The zero-order chi connectivity index (χ0) is 9.14. The molecule has 5 heteroatoms. The van der Waals surface area contributed by atoms with Crippen LogP contribution in [0.4, 0.5) is 0 Å². The maximum atomic E-state index is 10.9. The van der Waals surface area contributed by atoms with Gasteiger partial charge in [0.15, 0.2) is 5.78 Å². The largest absolute Gasteiger partial charge is 0.325 e. The summed E-state index contributed by atoms with van der Waals surface area (Å²) in [5.41, 5.74) is -0.0561. The van der Waals surface area contributed by atoms with Gasteiger partial charge < -0.3 is 5.32 Å². The molecule has 0 saturated carbocycles. The number of allylic oxidation sites excluding steroid dienone is 3. The highest BCUT2D eigenvalue weighted by Gasteiger charge is 2.17. The Kier molecular flexibility index (Phi) is 2.40. The number of nitrogens with one attached hydrogen (secondary N) is 1. The molecule has 0 spiro atoms. The second kappa shape index (κ2) is 3.32. The molecule has 0 bridgehead atoms. The Morgan fingerprint density at radius 1 is 1.25 bits per heavy atom. The highest BCUT2D eigenvalue weighted by molar-refractivity contribution is 6.47. The Bertz CT molecular complexity index is 317. The molecule has 0 fully saturated rings. The van der Waals surface area contributed by atoms with Crippen LogP contribution in [-0.4, -0.2) is 18.0 Å². The van der Waals surface area contributed by atoms with Crippen LogP contribution in [0.2, 0.25) is 0 Å². The molecule has 0 radical (unpaired) electrons. The molecule has 0 heterocycles. The third-order valence-electron chi connectivity index (χ3n) is 1.25. The zero-order valence-corrected chi connectivity index (χ0v) is 6.59. The van der Waals surface area contributed by atoms with Gasteiger partial charge in [0.25, 0.3) is 0 Å². The van der Waals surface area contributed by atoms with Crippen LogP contribution in [0.1, 0.15) is 0 Å². The number of rotatable bonds is 2. The van der Waals surface area contributed by atoms with Crippen molar-refractivity contribution in [2.24, 2.45) is 0 Å². The van der Waals surface area contributed by atoms with Crippen LogP contribution in [0.25, 0.3) is 0 Å². The van der Waals surface area contributed by atoms with Gasteiger partial charge in [0.05, 0.1) is 10.7 Å². The fraction of sp³-hybridized carbons (Fsp3) is 0. The first-order valence-corrected chi connectivity index (χ1v) is 3.40. The number of halogens is 1. The fourth-order valence-corrected chi connectivity index (χ4v) is 0.865. The van der Waals surface area contributed by atoms with E-state index in [1.165, 1.54) is 0 Å². The lowest BCUT2D eigenvalue weighted by Crippen LogP contribution is -2.22. The second-order valence-corrected chi connectivity index (χ2v) is 2.45. The molecule has 1 rings (SSSR count). The Hall–Kier alpha value is -1.42. The van der Waals surface area contributed by atoms with E-state index in [0.717, 1.165) is 12.2 Å². The number of carbonyl (C=O) groups is 3. The van der Waals surface area contributed by atoms with Crippen LogP contribution >= 0.6 is 11.6 Å². The quantitative estimate of drug-likeness (QED) is 0.482. The topological polar surface area (TPSA) is 63.2 Å². The van der Waals surface area contributed by atoms with Gasteiger partial charge in [-0.2, -0.15) is 0 Å². The SMILES string of the molecule is O=CNC1=CC(=O)C(Cl)=CC1=O. The smallest absolute Gasteiger partial charge is 0.211 e. The van der Waals surface area contributed by atoms with Gasteiger partial charge in [0.1, 0.15) is 0 Å². The lowest BCUT2D eigenvalue weighted by Gasteiger charge is -2.05. The summed E-state index contributed by atoms with van der Waals surface area (Å²) in [6.07, 6.45) is 2.28. The second-order valence-electron chi connectivity index (χ2n) is 2.04. The molecule has 4 nitrogen and oxygen atoms in total. The summed E-state index contributed by atoms with van der Waals surface area (Å²) in [5, 5.41) is 1.95. The van der Waals surface area contributed by atoms with Gasteiger partial charge in [0, 0.05) is 12.2 Å². The molecule has 0 saturated heterocycles. The van der Waals surface area contributed by atoms with Crippen molar-refractivity contribution in [2.75, 3.05) is 0 Å². The number of hydrogen-bond acceptors (Lipinski definition) is 3. The summed E-state index contributed by atoms with van der Waals surface area (Å²) in [6, 6.07) is 0. The molecule has 1 aliphatic rings. The molecule has 1 amide bonds. The maximum absolute atomic E-state index is 10.9. The van der Waals surface area contributed by atoms with E-state index in [1.807, 2.05) is 0 Å². The normalized spacial score (nSPS) is 16.8. The molecule has 0 aromatic rings. The zero-order valence-electron chi connectivity index (χ0n) is 5.83. The number of amides is 1. The average molecular weight is 186 g/mol. The minimum atomic E-state index is -0.486. The highest BCUT2D eigenvalue weighted by atomic mass is 35.5. The van der Waals surface area contributed by atoms with Crippen LogP contribution < -0.4 is 5.32 Å². The minimum absolute atomic E-state index is 0.0561. The van der Waals surface area contributed by atoms with E-state index in [4.69, 9.17) is 11.6 Å². The van der Waals surface area contributed by atoms with E-state index in [9.17, 15) is 14.4 Å². The molecule has 1 N–H and O–H groups in total. The van der Waals surface area contributed by atoms with Gasteiger partial charge in [-0.1, -0.05) is 11.6 Å². The highest BCUT2D eigenvalue weighted by Crippen LogP contribution is 2.12. The fourth-order valence-electron chi connectivity index (χ4n) is 0.711. The summed E-state index contributed by atoms with van der Waals surface area (Å²) in [5.74, 6) is -0.965. The number of hydrogen-bond donors (Lipinski definition) is 1. The Morgan fingerprint density at radius 2 is 1.92 bits per heavy atom. The number of ketones is 2. The predicted octanol–water partition coefficient (Wildman–Crippen LogP) is -0.109. The van der Waals surface area contributed by atoms with Gasteiger partial charge in [0.2, 0.25) is 12.2 Å². The first-order valence-electron chi connectivity index (χ1n) is 3.03. The van der Waals surface area contributed by atoms with E-state index in [1.54, 1.807) is 0 Å². The van der Waals surface area contributed by atoms with Gasteiger partial charge in [-0.15, -0.1) is 0 Å². The standard InChI is InChI=1S/C7H4ClNO3/c8-4-1-7(12)5(9-3-10)2-6(4)11/h1-3H,(H,9,10). The van der Waals surface area contributed by atoms with Crippen molar-refractivity contribution in [2.45, 2.75) is 0 Å². The van der Waals surface area contributed by atoms with E-state index < -0.39 is 11.6 Å². The van der Waals surface area contributed by atoms with Crippen LogP contribution in [0, 0.1) is 0 Å². The van der Waals surface area contributed by atoms with Gasteiger partial charge in [-0.3, -0.25) is 14.4 Å². The van der Waals surface area contributed by atoms with Crippen molar-refractivity contribution in [3.63, 3.8) is 0 Å². The molecule has 0 aromatic carbocycles. The third-order valence-corrected chi connectivity index (χ3v) is 1.54. The summed E-state index contributed by atoms with van der Waals surface area (Å²) >= 11 is 5.36. The average Bonchev–Trinajstić information content (AvgIpc) is 2.01.